The van der Waals surface area contributed by atoms with Gasteiger partial charge in [0, 0.05) is 5.56 Å². The van der Waals surface area contributed by atoms with Crippen LogP contribution < -0.4 is 0 Å². The Balaban J connectivity index is 2.18. The number of hydrogen-bond acceptors (Lipinski definition) is 1. The molecule has 2 aromatic carbocycles. The minimum absolute atomic E-state index is 0.117. The van der Waals surface area contributed by atoms with E-state index in [0.717, 1.165) is 23.7 Å². The van der Waals surface area contributed by atoms with Gasteiger partial charge in [-0.3, -0.25) is 0 Å². The molecule has 0 aliphatic rings. The van der Waals surface area contributed by atoms with Gasteiger partial charge in [0.05, 0.1) is 22.6 Å². The first-order valence-electron chi connectivity index (χ1n) is 5.87. The molecule has 0 aliphatic heterocycles. The lowest BCUT2D eigenvalue weighted by Crippen LogP contribution is -2.03. The van der Waals surface area contributed by atoms with Crippen LogP contribution >= 0.6 is 23.8 Å². The average Bonchev–Trinajstić information content (AvgIpc) is 2.72. The summed E-state index contributed by atoms with van der Waals surface area (Å²) in [4.78, 5) is 3.00. The van der Waals surface area contributed by atoms with Crippen LogP contribution in [0.1, 0.15) is 5.56 Å². The van der Waals surface area contributed by atoms with Crippen molar-refractivity contribution >= 4 is 34.9 Å². The number of nitrogens with one attached hydrogen (secondary N) is 1. The molecule has 1 N–H and O–H groups in total. The second-order valence-electron chi connectivity index (χ2n) is 4.39. The van der Waals surface area contributed by atoms with Gasteiger partial charge in [-0.15, -0.1) is 0 Å². The van der Waals surface area contributed by atoms with Crippen LogP contribution in [0.15, 0.2) is 36.4 Å². The van der Waals surface area contributed by atoms with Gasteiger partial charge in [0.1, 0.15) is 11.6 Å². The largest absolute Gasteiger partial charge is 0.331 e. The van der Waals surface area contributed by atoms with Crippen LogP contribution in [-0.4, -0.2) is 9.55 Å². The molecule has 0 saturated heterocycles. The summed E-state index contributed by atoms with van der Waals surface area (Å²) in [6.45, 7) is 0.117. The molecule has 0 aliphatic carbocycles. The van der Waals surface area contributed by atoms with Gasteiger partial charge in [-0.25, -0.2) is 8.78 Å². The van der Waals surface area contributed by atoms with Gasteiger partial charge in [-0.05, 0) is 42.5 Å². The van der Waals surface area contributed by atoms with Crippen LogP contribution in [0, 0.1) is 16.4 Å². The zero-order valence-electron chi connectivity index (χ0n) is 10.2. The average molecular weight is 311 g/mol. The molecule has 102 valence electrons. The molecule has 1 aromatic heterocycles. The van der Waals surface area contributed by atoms with Crippen LogP contribution in [0.25, 0.3) is 11.0 Å². The van der Waals surface area contributed by atoms with Gasteiger partial charge in [0.25, 0.3) is 0 Å². The van der Waals surface area contributed by atoms with E-state index in [1.54, 1.807) is 16.7 Å². The number of aromatic nitrogens is 2. The molecule has 1 heterocycles. The molecule has 0 bridgehead atoms. The van der Waals surface area contributed by atoms with Crippen LogP contribution in [-0.2, 0) is 6.54 Å². The number of halogens is 3. The van der Waals surface area contributed by atoms with Gasteiger partial charge in [0.2, 0.25) is 0 Å². The second kappa shape index (κ2) is 5.00. The van der Waals surface area contributed by atoms with E-state index in [4.69, 9.17) is 23.8 Å². The summed E-state index contributed by atoms with van der Waals surface area (Å²) < 4.78 is 29.0. The molecule has 0 atom stereocenters. The topological polar surface area (TPSA) is 20.7 Å². The first kappa shape index (κ1) is 13.3. The normalized spacial score (nSPS) is 11.2. The Morgan fingerprint density at radius 1 is 1.20 bits per heavy atom. The van der Waals surface area contributed by atoms with E-state index in [9.17, 15) is 8.78 Å². The van der Waals surface area contributed by atoms with Gasteiger partial charge in [-0.1, -0.05) is 17.7 Å². The van der Waals surface area contributed by atoms with E-state index >= 15 is 0 Å². The lowest BCUT2D eigenvalue weighted by molar-refractivity contribution is 0.578. The standard InChI is InChI=1S/C14H9ClF2N2S/c15-10-2-1-3-12-13(10)19(14(20)18-12)7-8-6-9(16)4-5-11(8)17/h1-6H,7H2,(H,18,20). The number of hydrogen-bond donors (Lipinski definition) is 1. The molecular weight excluding hydrogens is 302 g/mol. The summed E-state index contributed by atoms with van der Waals surface area (Å²) in [6.07, 6.45) is 0. The quantitative estimate of drug-likeness (QED) is 0.682. The smallest absolute Gasteiger partial charge is 0.178 e. The lowest BCUT2D eigenvalue weighted by atomic mass is 10.2. The number of H-pyrrole nitrogens is 1. The Kier molecular flexibility index (Phi) is 3.31. The van der Waals surface area contributed by atoms with Crippen LogP contribution in [0.3, 0.4) is 0 Å². The van der Waals surface area contributed by atoms with Crippen molar-refractivity contribution in [2.24, 2.45) is 0 Å². The minimum atomic E-state index is -0.487. The molecule has 20 heavy (non-hydrogen) atoms. The van der Waals surface area contributed by atoms with Crippen molar-refractivity contribution in [2.75, 3.05) is 0 Å². The molecule has 0 radical (unpaired) electrons. The summed E-state index contributed by atoms with van der Waals surface area (Å²) in [5, 5.41) is 0.506. The highest BCUT2D eigenvalue weighted by atomic mass is 35.5. The van der Waals surface area contributed by atoms with Gasteiger partial charge >= 0.3 is 0 Å². The molecule has 2 nitrogen and oxygen atoms in total. The first-order chi connectivity index (χ1) is 9.56. The number of para-hydroxylation sites is 1. The highest BCUT2D eigenvalue weighted by Crippen LogP contribution is 2.24. The minimum Gasteiger partial charge on any atom is -0.331 e. The van der Waals surface area contributed by atoms with E-state index in [2.05, 4.69) is 4.98 Å². The molecule has 0 amide bonds. The summed E-state index contributed by atoms with van der Waals surface area (Å²) >= 11 is 11.4. The fourth-order valence-corrected chi connectivity index (χ4v) is 2.70. The van der Waals surface area contributed by atoms with Crippen LogP contribution in [0.4, 0.5) is 8.78 Å². The summed E-state index contributed by atoms with van der Waals surface area (Å²) in [5.74, 6) is -0.964. The predicted octanol–water partition coefficient (Wildman–Crippen LogP) is 4.68. The molecular formula is C14H9ClF2N2S. The van der Waals surface area contributed by atoms with E-state index in [-0.39, 0.29) is 12.1 Å². The highest BCUT2D eigenvalue weighted by molar-refractivity contribution is 7.71. The van der Waals surface area contributed by atoms with Crippen molar-refractivity contribution in [3.63, 3.8) is 0 Å². The molecule has 6 heteroatoms. The van der Waals surface area contributed by atoms with Gasteiger partial charge in [-0.2, -0.15) is 0 Å². The number of fused-ring (bicyclic) bond motifs is 1. The number of nitrogens with zero attached hydrogens (tertiary/aromatic N) is 1. The first-order valence-corrected chi connectivity index (χ1v) is 6.66. The Morgan fingerprint density at radius 2 is 2.00 bits per heavy atom. The fourth-order valence-electron chi connectivity index (χ4n) is 2.16. The van der Waals surface area contributed by atoms with Crippen molar-refractivity contribution in [3.05, 3.63) is 63.4 Å². The van der Waals surface area contributed by atoms with E-state index < -0.39 is 11.6 Å². The predicted molar refractivity (Wildman–Crippen MR) is 77.6 cm³/mol. The van der Waals surface area contributed by atoms with E-state index in [1.165, 1.54) is 0 Å². The number of aromatic amines is 1. The summed E-state index contributed by atoms with van der Waals surface area (Å²) in [7, 11) is 0. The number of benzene rings is 2. The molecule has 0 spiro atoms. The highest BCUT2D eigenvalue weighted by Gasteiger charge is 2.11. The van der Waals surface area contributed by atoms with Crippen molar-refractivity contribution < 1.29 is 8.78 Å². The lowest BCUT2D eigenvalue weighted by Gasteiger charge is -2.07. The molecule has 0 fully saturated rings. The maximum absolute atomic E-state index is 13.7. The third-order valence-corrected chi connectivity index (χ3v) is 3.71. The maximum atomic E-state index is 13.7. The fraction of sp³-hybridized carbons (Fsp3) is 0.0714. The number of rotatable bonds is 2. The van der Waals surface area contributed by atoms with Gasteiger partial charge in [0.15, 0.2) is 4.77 Å². The van der Waals surface area contributed by atoms with E-state index in [0.29, 0.717) is 15.3 Å². The van der Waals surface area contributed by atoms with Crippen molar-refractivity contribution in [1.82, 2.24) is 9.55 Å². The zero-order valence-corrected chi connectivity index (χ0v) is 11.7. The SMILES string of the molecule is Fc1ccc(F)c(Cn2c(=S)[nH]c3cccc(Cl)c32)c1. The molecule has 0 unspecified atom stereocenters. The Morgan fingerprint density at radius 3 is 2.80 bits per heavy atom. The maximum Gasteiger partial charge on any atom is 0.178 e. The van der Waals surface area contributed by atoms with Gasteiger partial charge < -0.3 is 9.55 Å². The molecule has 3 aromatic rings. The Hall–Kier alpha value is -1.72. The van der Waals surface area contributed by atoms with Crippen LogP contribution in [0.2, 0.25) is 5.02 Å². The summed E-state index contributed by atoms with van der Waals surface area (Å²) in [6, 6.07) is 8.70. The third kappa shape index (κ3) is 2.23. The zero-order chi connectivity index (χ0) is 14.3. The third-order valence-electron chi connectivity index (χ3n) is 3.08. The second-order valence-corrected chi connectivity index (χ2v) is 5.18. The van der Waals surface area contributed by atoms with E-state index in [1.807, 2.05) is 6.07 Å². The van der Waals surface area contributed by atoms with Crippen molar-refractivity contribution in [3.8, 4) is 0 Å². The van der Waals surface area contributed by atoms with Crippen molar-refractivity contribution in [1.29, 1.82) is 0 Å². The van der Waals surface area contributed by atoms with Crippen molar-refractivity contribution in [2.45, 2.75) is 6.54 Å². The Labute approximate surface area is 123 Å². The number of imidazole rings is 1. The summed E-state index contributed by atoms with van der Waals surface area (Å²) in [5.41, 5.74) is 1.67. The Bertz CT molecular complexity index is 854. The molecule has 3 rings (SSSR count). The van der Waals surface area contributed by atoms with Crippen LogP contribution in [0.5, 0.6) is 0 Å². The monoisotopic (exact) mass is 310 g/mol. The molecule has 0 saturated carbocycles.